The molecule has 0 amide bonds. The third kappa shape index (κ3) is 6.02. The molecular weight excluding hydrogens is 449 g/mol. The Morgan fingerprint density at radius 1 is 1.03 bits per heavy atom. The number of unbranched alkanes of at least 4 members (excludes halogenated alkanes) is 1. The molecule has 8 nitrogen and oxygen atoms in total. The number of alkyl halides is 7. The molecule has 0 aliphatic rings. The van der Waals surface area contributed by atoms with E-state index in [1.165, 1.54) is 0 Å². The predicted molar refractivity (Wildman–Crippen MR) is 78.6 cm³/mol. The summed E-state index contributed by atoms with van der Waals surface area (Å²) in [6.45, 7) is 2.52. The molecule has 0 bridgehead atoms. The van der Waals surface area contributed by atoms with Crippen LogP contribution in [0.3, 0.4) is 0 Å². The summed E-state index contributed by atoms with van der Waals surface area (Å²) in [5.41, 5.74) is -0.629. The minimum atomic E-state index is -6.49. The summed E-state index contributed by atoms with van der Waals surface area (Å²) in [4.78, 5) is 22.3. The molecule has 0 spiro atoms. The van der Waals surface area contributed by atoms with Crippen molar-refractivity contribution >= 4 is 22.1 Å². The van der Waals surface area contributed by atoms with Gasteiger partial charge in [0.05, 0.1) is 6.61 Å². The van der Waals surface area contributed by atoms with E-state index in [2.05, 4.69) is 16.1 Å². The van der Waals surface area contributed by atoms with Crippen LogP contribution in [0.15, 0.2) is 12.2 Å². The monoisotopic (exact) mass is 464 g/mol. The Hall–Kier alpha value is -1.94. The lowest BCUT2D eigenvalue weighted by molar-refractivity contribution is -0.353. The molecule has 0 aromatic rings. The van der Waals surface area contributed by atoms with Crippen molar-refractivity contribution in [3.8, 4) is 0 Å². The second kappa shape index (κ2) is 8.83. The predicted octanol–water partition coefficient (Wildman–Crippen LogP) is 2.75. The van der Waals surface area contributed by atoms with Crippen molar-refractivity contribution < 1.29 is 67.9 Å². The highest BCUT2D eigenvalue weighted by atomic mass is 32.2. The smallest absolute Gasteiger partial charge is 0.468 e. The molecule has 16 heteroatoms. The molecule has 0 aromatic heterocycles. The van der Waals surface area contributed by atoms with E-state index in [1.54, 1.807) is 0 Å². The summed E-state index contributed by atoms with van der Waals surface area (Å²) < 4.78 is 128. The second-order valence-corrected chi connectivity index (χ2v) is 7.05. The maximum Gasteiger partial charge on any atom is 0.468 e. The van der Waals surface area contributed by atoms with E-state index >= 15 is 0 Å². The SMILES string of the molecule is C=C(C)C(=O)OC(OCCCCC(F)(F)C(F)(F)S(=O)(=O)O)(C(=O)O)C(F)(F)F. The van der Waals surface area contributed by atoms with Gasteiger partial charge in [-0.3, -0.25) is 4.55 Å². The third-order valence-corrected chi connectivity index (χ3v) is 4.13. The van der Waals surface area contributed by atoms with Crippen LogP contribution in [0.2, 0.25) is 0 Å². The Kier molecular flexibility index (Phi) is 8.24. The highest BCUT2D eigenvalue weighted by Gasteiger charge is 2.67. The zero-order valence-electron chi connectivity index (χ0n) is 14.4. The van der Waals surface area contributed by atoms with Crippen molar-refractivity contribution in [1.29, 1.82) is 0 Å². The van der Waals surface area contributed by atoms with Crippen LogP contribution >= 0.6 is 0 Å². The van der Waals surface area contributed by atoms with Crippen LogP contribution in [0.25, 0.3) is 0 Å². The van der Waals surface area contributed by atoms with Gasteiger partial charge < -0.3 is 14.6 Å². The molecule has 170 valence electrons. The van der Waals surface area contributed by atoms with E-state index in [0.29, 0.717) is 0 Å². The summed E-state index contributed by atoms with van der Waals surface area (Å²) in [7, 11) is -6.49. The number of carbonyl (C=O) groups is 2. The number of carboxylic acid groups (broad SMARTS) is 1. The summed E-state index contributed by atoms with van der Waals surface area (Å²) in [6.07, 6.45) is -9.74. The number of carboxylic acids is 1. The van der Waals surface area contributed by atoms with Crippen LogP contribution in [-0.4, -0.2) is 59.8 Å². The zero-order valence-corrected chi connectivity index (χ0v) is 15.2. The van der Waals surface area contributed by atoms with Crippen LogP contribution in [0.5, 0.6) is 0 Å². The van der Waals surface area contributed by atoms with Crippen LogP contribution in [0.4, 0.5) is 30.7 Å². The van der Waals surface area contributed by atoms with Gasteiger partial charge in [0.2, 0.25) is 0 Å². The Balaban J connectivity index is 5.22. The lowest BCUT2D eigenvalue weighted by atomic mass is 10.1. The average molecular weight is 464 g/mol. The van der Waals surface area contributed by atoms with Gasteiger partial charge in [0.15, 0.2) is 0 Å². The van der Waals surface area contributed by atoms with Crippen molar-refractivity contribution in [2.45, 2.75) is 49.3 Å². The Morgan fingerprint density at radius 3 is 1.86 bits per heavy atom. The van der Waals surface area contributed by atoms with Gasteiger partial charge in [-0.15, -0.1) is 0 Å². The van der Waals surface area contributed by atoms with Crippen LogP contribution in [-0.2, 0) is 29.2 Å². The molecule has 0 rings (SSSR count). The first-order chi connectivity index (χ1) is 12.7. The molecule has 1 atom stereocenters. The molecule has 2 N–H and O–H groups in total. The first-order valence-corrected chi connectivity index (χ1v) is 8.72. The highest BCUT2D eigenvalue weighted by Crippen LogP contribution is 2.42. The quantitative estimate of drug-likeness (QED) is 0.119. The largest absolute Gasteiger partial charge is 0.476 e. The van der Waals surface area contributed by atoms with Gasteiger partial charge in [0.1, 0.15) is 0 Å². The summed E-state index contributed by atoms with van der Waals surface area (Å²) in [5, 5.41) is 2.94. The van der Waals surface area contributed by atoms with E-state index in [1.807, 2.05) is 0 Å². The molecule has 0 aliphatic carbocycles. The number of hydrogen-bond donors (Lipinski definition) is 2. The van der Waals surface area contributed by atoms with Gasteiger partial charge in [-0.2, -0.15) is 39.2 Å². The van der Waals surface area contributed by atoms with Crippen LogP contribution in [0, 0.1) is 0 Å². The number of esters is 1. The minimum Gasteiger partial charge on any atom is -0.476 e. The van der Waals surface area contributed by atoms with Crippen molar-refractivity contribution in [2.24, 2.45) is 0 Å². The summed E-state index contributed by atoms with van der Waals surface area (Å²) in [6, 6.07) is 0. The fraction of sp³-hybridized carbons (Fsp3) is 0.692. The molecular formula is C13H15F7O8S. The highest BCUT2D eigenvalue weighted by molar-refractivity contribution is 7.87. The molecule has 0 fully saturated rings. The molecule has 0 aliphatic heterocycles. The molecule has 29 heavy (non-hydrogen) atoms. The lowest BCUT2D eigenvalue weighted by Crippen LogP contribution is -2.57. The third-order valence-electron chi connectivity index (χ3n) is 3.18. The fourth-order valence-corrected chi connectivity index (χ4v) is 2.09. The molecule has 0 saturated heterocycles. The van der Waals surface area contributed by atoms with Gasteiger partial charge in [0, 0.05) is 12.0 Å². The van der Waals surface area contributed by atoms with Crippen molar-refractivity contribution in [3.63, 3.8) is 0 Å². The topological polar surface area (TPSA) is 127 Å². The van der Waals surface area contributed by atoms with Gasteiger partial charge in [-0.1, -0.05) is 6.58 Å². The molecule has 1 unspecified atom stereocenters. The molecule has 0 saturated carbocycles. The molecule has 0 radical (unpaired) electrons. The lowest BCUT2D eigenvalue weighted by Gasteiger charge is -2.30. The Labute approximate surface area is 159 Å². The average Bonchev–Trinajstić information content (AvgIpc) is 2.50. The number of carbonyl (C=O) groups excluding carboxylic acids is 1. The van der Waals surface area contributed by atoms with Crippen molar-refractivity contribution in [3.05, 3.63) is 12.2 Å². The van der Waals surface area contributed by atoms with Gasteiger partial charge >= 0.3 is 45.2 Å². The van der Waals surface area contributed by atoms with Gasteiger partial charge in [0.25, 0.3) is 0 Å². The summed E-state index contributed by atoms with van der Waals surface area (Å²) in [5.74, 6) is -14.4. The Morgan fingerprint density at radius 2 is 1.52 bits per heavy atom. The standard InChI is InChI=1S/C13H15F7O8S/c1-7(2)8(21)28-11(9(22)23,12(16,17)18)27-6-4-3-5-10(14,15)13(19,20)29(24,25)26/h1,3-6H2,2H3,(H,22,23)(H,24,25,26). The fourth-order valence-electron chi connectivity index (χ4n) is 1.61. The number of ether oxygens (including phenoxy) is 2. The molecule has 0 heterocycles. The van der Waals surface area contributed by atoms with Crippen LogP contribution < -0.4 is 0 Å². The second-order valence-electron chi connectivity index (χ2n) is 5.59. The first-order valence-electron chi connectivity index (χ1n) is 7.28. The zero-order chi connectivity index (χ0) is 23.5. The van der Waals surface area contributed by atoms with E-state index in [9.17, 15) is 48.7 Å². The normalized spacial score (nSPS) is 15.5. The minimum absolute atomic E-state index is 0.629. The number of hydrogen-bond acceptors (Lipinski definition) is 6. The number of rotatable bonds is 11. The maximum atomic E-state index is 13.3. The molecule has 0 aromatic carbocycles. The first kappa shape index (κ1) is 27.1. The van der Waals surface area contributed by atoms with Gasteiger partial charge in [-0.05, 0) is 19.8 Å². The van der Waals surface area contributed by atoms with Gasteiger partial charge in [-0.25, -0.2) is 9.59 Å². The van der Waals surface area contributed by atoms with E-state index in [4.69, 9.17) is 9.66 Å². The number of aliphatic carboxylic acids is 1. The summed E-state index contributed by atoms with van der Waals surface area (Å²) >= 11 is 0. The van der Waals surface area contributed by atoms with Crippen molar-refractivity contribution in [1.82, 2.24) is 0 Å². The Bertz CT molecular complexity index is 747. The number of halogens is 7. The van der Waals surface area contributed by atoms with Crippen molar-refractivity contribution in [2.75, 3.05) is 6.61 Å². The van der Waals surface area contributed by atoms with E-state index in [0.717, 1.165) is 6.92 Å². The van der Waals surface area contributed by atoms with E-state index < -0.39 is 76.6 Å². The van der Waals surface area contributed by atoms with Crippen LogP contribution in [0.1, 0.15) is 26.2 Å². The maximum absolute atomic E-state index is 13.3. The van der Waals surface area contributed by atoms with E-state index in [-0.39, 0.29) is 0 Å².